The quantitative estimate of drug-likeness (QED) is 0.125. The lowest BCUT2D eigenvalue weighted by Crippen LogP contribution is -2.40. The number of nitrogens with zero attached hydrogens (tertiary/aromatic N) is 5. The molecule has 1 aliphatic heterocycles. The first-order valence-corrected chi connectivity index (χ1v) is 11.6. The number of likely N-dealkylation sites (tertiary alicyclic amines) is 1. The molecule has 9 nitrogen and oxygen atoms in total. The third-order valence-electron chi connectivity index (χ3n) is 6.75. The molecule has 2 N–H and O–H groups in total. The molecule has 0 aromatic carbocycles. The van der Waals surface area contributed by atoms with Crippen molar-refractivity contribution in [1.29, 1.82) is 0 Å². The molecule has 2 aliphatic carbocycles. The topological polar surface area (TPSA) is 105 Å². The fourth-order valence-corrected chi connectivity index (χ4v) is 5.20. The first-order chi connectivity index (χ1) is 16.2. The summed E-state index contributed by atoms with van der Waals surface area (Å²) in [4.78, 5) is 40.2. The van der Waals surface area contributed by atoms with Crippen LogP contribution >= 0.6 is 24.0 Å². The molecule has 2 amide bonds. The average Bonchev–Trinajstić information content (AvgIpc) is 3.62. The number of fused-ring (bicyclic) bond motifs is 5. The SMILES string of the molecule is CCNC(=NCc1ccc(-n2ccnc2)nc1)NCCCN1C(=O)C2C3C=CC(C3)C2C1=O.I. The van der Waals surface area contributed by atoms with Crippen LogP contribution in [0.3, 0.4) is 0 Å². The van der Waals surface area contributed by atoms with Crippen LogP contribution in [0.1, 0.15) is 25.3 Å². The summed E-state index contributed by atoms with van der Waals surface area (Å²) < 4.78 is 1.85. The van der Waals surface area contributed by atoms with Gasteiger partial charge in [-0.1, -0.05) is 18.2 Å². The number of hydrogen-bond acceptors (Lipinski definition) is 5. The van der Waals surface area contributed by atoms with Crippen molar-refractivity contribution in [2.45, 2.75) is 26.3 Å². The van der Waals surface area contributed by atoms with Gasteiger partial charge in [-0.05, 0) is 43.2 Å². The maximum absolute atomic E-state index is 12.8. The minimum absolute atomic E-state index is 0. The predicted octanol–water partition coefficient (Wildman–Crippen LogP) is 2.14. The molecule has 34 heavy (non-hydrogen) atoms. The number of aliphatic imine (C=N–C) groups is 1. The van der Waals surface area contributed by atoms with Gasteiger partial charge in [-0.25, -0.2) is 15.0 Å². The van der Waals surface area contributed by atoms with E-state index in [1.54, 1.807) is 12.5 Å². The van der Waals surface area contributed by atoms with Gasteiger partial charge in [-0.2, -0.15) is 0 Å². The van der Waals surface area contributed by atoms with E-state index in [9.17, 15) is 9.59 Å². The second kappa shape index (κ2) is 10.7. The molecule has 0 radical (unpaired) electrons. The van der Waals surface area contributed by atoms with Gasteiger partial charge in [0.1, 0.15) is 12.1 Å². The van der Waals surface area contributed by atoms with Crippen molar-refractivity contribution in [1.82, 2.24) is 30.1 Å². The number of rotatable bonds is 8. The van der Waals surface area contributed by atoms with Crippen molar-refractivity contribution in [3.63, 3.8) is 0 Å². The summed E-state index contributed by atoms with van der Waals surface area (Å²) in [5, 5.41) is 6.54. The van der Waals surface area contributed by atoms with Crippen LogP contribution < -0.4 is 10.6 Å². The summed E-state index contributed by atoms with van der Waals surface area (Å²) in [6.07, 6.45) is 13.0. The van der Waals surface area contributed by atoms with Crippen molar-refractivity contribution in [3.8, 4) is 5.82 Å². The lowest BCUT2D eigenvalue weighted by atomic mass is 9.85. The molecule has 2 bridgehead atoms. The molecule has 4 unspecified atom stereocenters. The maximum Gasteiger partial charge on any atom is 0.233 e. The first-order valence-electron chi connectivity index (χ1n) is 11.6. The lowest BCUT2D eigenvalue weighted by molar-refractivity contribution is -0.140. The molecule has 10 heteroatoms. The minimum atomic E-state index is -0.117. The zero-order valence-electron chi connectivity index (χ0n) is 19.1. The number of guanidine groups is 1. The van der Waals surface area contributed by atoms with Gasteiger partial charge in [0.2, 0.25) is 11.8 Å². The highest BCUT2D eigenvalue weighted by molar-refractivity contribution is 14.0. The number of imidazole rings is 1. The Morgan fingerprint density at radius 3 is 2.53 bits per heavy atom. The maximum atomic E-state index is 12.8. The number of imide groups is 1. The predicted molar refractivity (Wildman–Crippen MR) is 139 cm³/mol. The van der Waals surface area contributed by atoms with Crippen LogP contribution in [-0.4, -0.2) is 56.8 Å². The van der Waals surface area contributed by atoms with Crippen molar-refractivity contribution in [2.75, 3.05) is 19.6 Å². The summed E-state index contributed by atoms with van der Waals surface area (Å²) in [5.41, 5.74) is 0.999. The van der Waals surface area contributed by atoms with E-state index in [4.69, 9.17) is 0 Å². The van der Waals surface area contributed by atoms with Crippen LogP contribution in [0.2, 0.25) is 0 Å². The minimum Gasteiger partial charge on any atom is -0.357 e. The lowest BCUT2D eigenvalue weighted by Gasteiger charge is -2.18. The molecule has 2 aromatic heterocycles. The van der Waals surface area contributed by atoms with Crippen LogP contribution in [0.15, 0.2) is 54.2 Å². The number of aromatic nitrogens is 3. The highest BCUT2D eigenvalue weighted by Crippen LogP contribution is 2.52. The third kappa shape index (κ3) is 4.73. The van der Waals surface area contributed by atoms with E-state index >= 15 is 0 Å². The van der Waals surface area contributed by atoms with E-state index in [0.29, 0.717) is 32.0 Å². The highest BCUT2D eigenvalue weighted by Gasteiger charge is 2.58. The third-order valence-corrected chi connectivity index (χ3v) is 6.75. The van der Waals surface area contributed by atoms with Gasteiger partial charge >= 0.3 is 0 Å². The molecular formula is C24H30IN7O2. The summed E-state index contributed by atoms with van der Waals surface area (Å²) in [6.45, 7) is 4.33. The van der Waals surface area contributed by atoms with Crippen molar-refractivity contribution in [2.24, 2.45) is 28.7 Å². The van der Waals surface area contributed by atoms with Gasteiger partial charge < -0.3 is 10.6 Å². The van der Waals surface area contributed by atoms with Crippen molar-refractivity contribution < 1.29 is 9.59 Å². The number of pyridine rings is 1. The van der Waals surface area contributed by atoms with Crippen molar-refractivity contribution in [3.05, 3.63) is 54.8 Å². The Balaban J connectivity index is 0.00000274. The van der Waals surface area contributed by atoms with Gasteiger partial charge in [0.15, 0.2) is 5.96 Å². The molecule has 2 aromatic rings. The Labute approximate surface area is 216 Å². The summed E-state index contributed by atoms with van der Waals surface area (Å²) in [5.74, 6) is 1.84. The second-order valence-corrected chi connectivity index (χ2v) is 8.80. The normalized spacial score (nSPS) is 25.0. The molecule has 0 spiro atoms. The van der Waals surface area contributed by atoms with E-state index in [2.05, 4.69) is 37.7 Å². The zero-order valence-corrected chi connectivity index (χ0v) is 21.5. The Morgan fingerprint density at radius 1 is 1.15 bits per heavy atom. The van der Waals surface area contributed by atoms with Gasteiger partial charge in [0.05, 0.1) is 18.4 Å². The van der Waals surface area contributed by atoms with Crippen LogP contribution in [0.25, 0.3) is 5.82 Å². The van der Waals surface area contributed by atoms with E-state index in [1.165, 1.54) is 4.90 Å². The van der Waals surface area contributed by atoms with Crippen LogP contribution in [0, 0.1) is 23.7 Å². The summed E-state index contributed by atoms with van der Waals surface area (Å²) in [6, 6.07) is 3.94. The van der Waals surface area contributed by atoms with Crippen LogP contribution in [0.4, 0.5) is 0 Å². The molecule has 1 saturated heterocycles. The number of nitrogens with one attached hydrogen (secondary N) is 2. The number of amides is 2. The molecule has 2 fully saturated rings. The molecule has 3 aliphatic rings. The molecule has 1 saturated carbocycles. The number of halogens is 1. The Morgan fingerprint density at radius 2 is 1.91 bits per heavy atom. The standard InChI is InChI=1S/C24H29N7O2.HI/c1-2-26-24(29-14-16-4-7-19(28-13-16)30-11-9-25-15-30)27-8-3-10-31-22(32)20-17-5-6-18(12-17)21(20)23(31)33;/h4-7,9,11,13,15,17-18,20-21H,2-3,8,10,12,14H2,1H3,(H2,26,27,29);1H. The first kappa shape index (κ1) is 24.4. The van der Waals surface area contributed by atoms with Crippen molar-refractivity contribution >= 4 is 41.8 Å². The molecular weight excluding hydrogens is 545 g/mol. The van der Waals surface area contributed by atoms with Crippen LogP contribution in [-0.2, 0) is 16.1 Å². The van der Waals surface area contributed by atoms with E-state index in [0.717, 1.165) is 24.3 Å². The Kier molecular flexibility index (Phi) is 7.64. The van der Waals surface area contributed by atoms with E-state index in [1.807, 2.05) is 36.0 Å². The molecule has 3 heterocycles. The van der Waals surface area contributed by atoms with E-state index < -0.39 is 0 Å². The fourth-order valence-electron chi connectivity index (χ4n) is 5.20. The molecule has 5 rings (SSSR count). The van der Waals surface area contributed by atoms with Gasteiger partial charge in [-0.3, -0.25) is 19.1 Å². The van der Waals surface area contributed by atoms with E-state index in [-0.39, 0.29) is 59.5 Å². The molecule has 180 valence electrons. The second-order valence-electron chi connectivity index (χ2n) is 8.80. The van der Waals surface area contributed by atoms with Gasteiger partial charge in [-0.15, -0.1) is 24.0 Å². The van der Waals surface area contributed by atoms with Gasteiger partial charge in [0, 0.05) is 38.2 Å². The summed E-state index contributed by atoms with van der Waals surface area (Å²) >= 11 is 0. The molecule has 4 atom stereocenters. The largest absolute Gasteiger partial charge is 0.357 e. The number of allylic oxidation sites excluding steroid dienone is 2. The zero-order chi connectivity index (χ0) is 22.8. The number of hydrogen-bond donors (Lipinski definition) is 2. The monoisotopic (exact) mass is 575 g/mol. The number of carbonyl (C=O) groups is 2. The Bertz CT molecular complexity index is 1040. The van der Waals surface area contributed by atoms with Crippen LogP contribution in [0.5, 0.6) is 0 Å². The number of carbonyl (C=O) groups excluding carboxylic acids is 2. The highest BCUT2D eigenvalue weighted by atomic mass is 127. The fraction of sp³-hybridized carbons (Fsp3) is 0.458. The summed E-state index contributed by atoms with van der Waals surface area (Å²) in [7, 11) is 0. The average molecular weight is 575 g/mol. The smallest absolute Gasteiger partial charge is 0.233 e. The Hall–Kier alpha value is -2.76. The van der Waals surface area contributed by atoms with Gasteiger partial charge in [0.25, 0.3) is 0 Å².